The molecular weight excluding hydrogens is 360 g/mol. The molecule has 2 heterocycles. The highest BCUT2D eigenvalue weighted by molar-refractivity contribution is 5.95. The Morgan fingerprint density at radius 1 is 0.750 bits per heavy atom. The van der Waals surface area contributed by atoms with Crippen molar-refractivity contribution in [3.63, 3.8) is 0 Å². The van der Waals surface area contributed by atoms with Crippen LogP contribution in [0.2, 0.25) is 0 Å². The zero-order valence-electron chi connectivity index (χ0n) is 15.8. The smallest absolute Gasteiger partial charge is 0.335 e. The van der Waals surface area contributed by atoms with E-state index in [1.165, 1.54) is 12.1 Å². The van der Waals surface area contributed by atoms with Crippen molar-refractivity contribution in [2.75, 3.05) is 0 Å². The molecule has 0 bridgehead atoms. The fourth-order valence-electron chi connectivity index (χ4n) is 5.48. The zero-order valence-corrected chi connectivity index (χ0v) is 15.8. The van der Waals surface area contributed by atoms with Crippen molar-refractivity contribution < 1.29 is 29.3 Å². The summed E-state index contributed by atoms with van der Waals surface area (Å²) in [7, 11) is 0. The largest absolute Gasteiger partial charge is 0.478 e. The number of carbonyl (C=O) groups is 2. The van der Waals surface area contributed by atoms with Gasteiger partial charge in [0.25, 0.3) is 0 Å². The molecule has 0 aromatic heterocycles. The Bertz CT molecular complexity index is 750. The van der Waals surface area contributed by atoms with Gasteiger partial charge in [0.05, 0.1) is 35.5 Å². The minimum Gasteiger partial charge on any atom is -0.478 e. The molecule has 5 rings (SSSR count). The summed E-state index contributed by atoms with van der Waals surface area (Å²) in [5.41, 5.74) is 1.98. The van der Waals surface area contributed by atoms with Gasteiger partial charge in [0, 0.05) is 0 Å². The maximum Gasteiger partial charge on any atom is 0.335 e. The maximum atomic E-state index is 11.9. The van der Waals surface area contributed by atoms with Gasteiger partial charge in [-0.15, -0.1) is 0 Å². The highest BCUT2D eigenvalue weighted by Gasteiger charge is 2.45. The molecule has 2 aliphatic carbocycles. The van der Waals surface area contributed by atoms with Crippen molar-refractivity contribution in [2.24, 2.45) is 11.8 Å². The fourth-order valence-corrected chi connectivity index (χ4v) is 5.48. The lowest BCUT2D eigenvalue weighted by Gasteiger charge is -2.25. The van der Waals surface area contributed by atoms with E-state index in [-0.39, 0.29) is 11.1 Å². The molecule has 6 atom stereocenters. The van der Waals surface area contributed by atoms with Crippen LogP contribution in [0.4, 0.5) is 0 Å². The molecule has 2 saturated carbocycles. The van der Waals surface area contributed by atoms with Crippen molar-refractivity contribution in [3.05, 3.63) is 34.4 Å². The van der Waals surface area contributed by atoms with Crippen molar-refractivity contribution in [2.45, 2.75) is 75.8 Å². The number of hydrogen-bond donors (Lipinski definition) is 2. The molecule has 0 spiro atoms. The van der Waals surface area contributed by atoms with Gasteiger partial charge in [-0.2, -0.15) is 0 Å². The normalized spacial score (nSPS) is 35.6. The van der Waals surface area contributed by atoms with Crippen LogP contribution in [0.3, 0.4) is 0 Å². The summed E-state index contributed by atoms with van der Waals surface area (Å²) in [6, 6.07) is 2.95. The van der Waals surface area contributed by atoms with E-state index in [0.717, 1.165) is 49.7 Å². The summed E-state index contributed by atoms with van der Waals surface area (Å²) in [5.74, 6) is -1.24. The van der Waals surface area contributed by atoms with Crippen molar-refractivity contribution >= 4 is 11.9 Å². The van der Waals surface area contributed by atoms with E-state index in [1.54, 1.807) is 0 Å². The van der Waals surface area contributed by atoms with Crippen LogP contribution in [0.15, 0.2) is 12.1 Å². The predicted molar refractivity (Wildman–Crippen MR) is 99.8 cm³/mol. The Kier molecular flexibility index (Phi) is 4.43. The fraction of sp³-hybridized carbons (Fsp3) is 0.636. The molecule has 2 aliphatic heterocycles. The first-order valence-electron chi connectivity index (χ1n) is 10.4. The summed E-state index contributed by atoms with van der Waals surface area (Å²) in [5, 5.41) is 19.5. The minimum absolute atomic E-state index is 0.259. The first kappa shape index (κ1) is 18.1. The molecule has 150 valence electrons. The molecule has 0 amide bonds. The summed E-state index contributed by atoms with van der Waals surface area (Å²) in [6.45, 7) is 0. The lowest BCUT2D eigenvalue weighted by molar-refractivity contribution is 0.0678. The molecule has 1 aromatic carbocycles. The topological polar surface area (TPSA) is 99.7 Å². The quantitative estimate of drug-likeness (QED) is 0.728. The second kappa shape index (κ2) is 6.85. The molecule has 4 aliphatic rings. The minimum atomic E-state index is -0.973. The Morgan fingerprint density at radius 2 is 1.18 bits per heavy atom. The number of benzene rings is 1. The number of ether oxygens (including phenoxy) is 2. The van der Waals surface area contributed by atoms with E-state index < -0.39 is 11.9 Å². The SMILES string of the molecule is O=C(O)c1ccc(C(=O)O)c(CC2CCC3OC3C2)c1CC1CCC2OC2C1. The van der Waals surface area contributed by atoms with E-state index in [1.807, 2.05) is 0 Å². The standard InChI is InChI=1S/C22H26O6/c23-21(24)13-3-4-14(22(25)26)16(8-12-2-6-18-20(10-12)28-18)15(13)7-11-1-5-17-19(9-11)27-17/h3-4,11-12,17-20H,1-2,5-10H2,(H,23,24)(H,25,26). The van der Waals surface area contributed by atoms with Crippen LogP contribution in [-0.2, 0) is 22.3 Å². The van der Waals surface area contributed by atoms with Gasteiger partial charge in [0.1, 0.15) is 0 Å². The second-order valence-corrected chi connectivity index (χ2v) is 8.92. The van der Waals surface area contributed by atoms with Crippen LogP contribution >= 0.6 is 0 Å². The average Bonchev–Trinajstić information content (AvgIpc) is 3.56. The van der Waals surface area contributed by atoms with Gasteiger partial charge in [0.2, 0.25) is 0 Å². The average molecular weight is 386 g/mol. The summed E-state index contributed by atoms with van der Waals surface area (Å²) in [6.07, 6.45) is 8.64. The third kappa shape index (κ3) is 3.44. The Labute approximate surface area is 163 Å². The highest BCUT2D eigenvalue weighted by Crippen LogP contribution is 2.43. The van der Waals surface area contributed by atoms with Crippen LogP contribution in [0.5, 0.6) is 0 Å². The summed E-state index contributed by atoms with van der Waals surface area (Å²) >= 11 is 0. The van der Waals surface area contributed by atoms with Gasteiger partial charge in [-0.25, -0.2) is 9.59 Å². The zero-order chi connectivity index (χ0) is 19.4. The van der Waals surface area contributed by atoms with Crippen molar-refractivity contribution in [1.29, 1.82) is 0 Å². The van der Waals surface area contributed by atoms with Gasteiger partial charge >= 0.3 is 11.9 Å². The predicted octanol–water partition coefficient (Wildman–Crippen LogP) is 3.30. The Morgan fingerprint density at radius 3 is 1.54 bits per heavy atom. The number of epoxide rings is 2. The molecule has 2 saturated heterocycles. The molecule has 1 aromatic rings. The van der Waals surface area contributed by atoms with E-state index >= 15 is 0 Å². The molecule has 28 heavy (non-hydrogen) atoms. The summed E-state index contributed by atoms with van der Waals surface area (Å²) in [4.78, 5) is 23.9. The number of hydrogen-bond acceptors (Lipinski definition) is 4. The third-order valence-corrected chi connectivity index (χ3v) is 7.10. The molecule has 4 fully saturated rings. The van der Waals surface area contributed by atoms with Crippen LogP contribution in [0, 0.1) is 11.8 Å². The number of aromatic carboxylic acids is 2. The molecular formula is C22H26O6. The van der Waals surface area contributed by atoms with Gasteiger partial charge in [0.15, 0.2) is 0 Å². The van der Waals surface area contributed by atoms with E-state index in [4.69, 9.17) is 9.47 Å². The first-order chi connectivity index (χ1) is 13.5. The number of carboxylic acids is 2. The lowest BCUT2D eigenvalue weighted by Crippen LogP contribution is -2.22. The van der Waals surface area contributed by atoms with Gasteiger partial charge in [-0.1, -0.05) is 0 Å². The Balaban J connectivity index is 1.47. The second-order valence-electron chi connectivity index (χ2n) is 8.92. The van der Waals surface area contributed by atoms with Crippen LogP contribution in [0.1, 0.15) is 70.4 Å². The highest BCUT2D eigenvalue weighted by atomic mass is 16.6. The number of carboxylic acid groups (broad SMARTS) is 2. The van der Waals surface area contributed by atoms with Crippen LogP contribution in [-0.4, -0.2) is 46.6 Å². The van der Waals surface area contributed by atoms with E-state index in [9.17, 15) is 19.8 Å². The molecule has 2 N–H and O–H groups in total. The van der Waals surface area contributed by atoms with Gasteiger partial charge in [-0.3, -0.25) is 0 Å². The molecule has 6 nitrogen and oxygen atoms in total. The molecule has 0 radical (unpaired) electrons. The maximum absolute atomic E-state index is 11.9. The van der Waals surface area contributed by atoms with E-state index in [2.05, 4.69) is 0 Å². The molecule has 6 heteroatoms. The summed E-state index contributed by atoms with van der Waals surface area (Å²) < 4.78 is 11.3. The monoisotopic (exact) mass is 386 g/mol. The Hall–Kier alpha value is -1.92. The first-order valence-corrected chi connectivity index (χ1v) is 10.4. The van der Waals surface area contributed by atoms with Crippen LogP contribution < -0.4 is 0 Å². The van der Waals surface area contributed by atoms with Gasteiger partial charge < -0.3 is 19.7 Å². The van der Waals surface area contributed by atoms with Crippen molar-refractivity contribution in [3.8, 4) is 0 Å². The van der Waals surface area contributed by atoms with Crippen LogP contribution in [0.25, 0.3) is 0 Å². The number of rotatable bonds is 6. The molecule has 6 unspecified atom stereocenters. The van der Waals surface area contributed by atoms with Gasteiger partial charge in [-0.05, 0) is 86.5 Å². The lowest BCUT2D eigenvalue weighted by atomic mass is 9.78. The third-order valence-electron chi connectivity index (χ3n) is 7.10. The van der Waals surface area contributed by atoms with Crippen molar-refractivity contribution in [1.82, 2.24) is 0 Å². The van der Waals surface area contributed by atoms with E-state index in [0.29, 0.717) is 49.1 Å². The number of fused-ring (bicyclic) bond motifs is 2.